The van der Waals surface area contributed by atoms with Crippen LogP contribution in [0.3, 0.4) is 0 Å². The van der Waals surface area contributed by atoms with Gasteiger partial charge in [-0.3, -0.25) is 0 Å². The van der Waals surface area contributed by atoms with Crippen molar-refractivity contribution in [1.82, 2.24) is 5.32 Å². The Morgan fingerprint density at radius 1 is 0.900 bits per heavy atom. The van der Waals surface area contributed by atoms with Gasteiger partial charge < -0.3 is 5.32 Å². The highest BCUT2D eigenvalue weighted by Gasteiger charge is 2.17. The summed E-state index contributed by atoms with van der Waals surface area (Å²) in [6, 6.07) is 13.7. The Balaban J connectivity index is 2.56. The third-order valence-corrected chi connectivity index (χ3v) is 3.82. The zero-order valence-corrected chi connectivity index (χ0v) is 13.2. The Morgan fingerprint density at radius 3 is 1.95 bits per heavy atom. The highest BCUT2D eigenvalue weighted by Crippen LogP contribution is 2.29. The van der Waals surface area contributed by atoms with Crippen LogP contribution in [0.2, 0.25) is 0 Å². The predicted molar refractivity (Wildman–Crippen MR) is 87.4 cm³/mol. The maximum atomic E-state index is 3.65. The molecule has 0 aliphatic carbocycles. The quantitative estimate of drug-likeness (QED) is 0.852. The van der Waals surface area contributed by atoms with Crippen molar-refractivity contribution in [2.45, 2.75) is 40.7 Å². The van der Waals surface area contributed by atoms with Crippen molar-refractivity contribution in [1.29, 1.82) is 0 Å². The van der Waals surface area contributed by atoms with Crippen LogP contribution in [0.25, 0.3) is 0 Å². The van der Waals surface area contributed by atoms with Crippen LogP contribution in [0.4, 0.5) is 0 Å². The van der Waals surface area contributed by atoms with Crippen molar-refractivity contribution in [3.05, 3.63) is 69.8 Å². The van der Waals surface area contributed by atoms with Gasteiger partial charge in [-0.2, -0.15) is 0 Å². The molecule has 106 valence electrons. The van der Waals surface area contributed by atoms with E-state index < -0.39 is 0 Å². The minimum Gasteiger partial charge on any atom is -0.307 e. The Morgan fingerprint density at radius 2 is 1.45 bits per heavy atom. The van der Waals surface area contributed by atoms with Gasteiger partial charge in [0.15, 0.2) is 0 Å². The van der Waals surface area contributed by atoms with Crippen LogP contribution < -0.4 is 5.32 Å². The van der Waals surface area contributed by atoms with Crippen LogP contribution in [-0.4, -0.2) is 6.54 Å². The molecule has 0 saturated carbocycles. The Kier molecular flexibility index (Phi) is 4.61. The highest BCUT2D eigenvalue weighted by atomic mass is 14.9. The monoisotopic (exact) mass is 267 g/mol. The SMILES string of the molecule is CCNC(c1cc(C)cc(C)c1)c1c(C)cccc1C. The summed E-state index contributed by atoms with van der Waals surface area (Å²) in [5, 5.41) is 3.65. The molecule has 2 rings (SSSR count). The largest absolute Gasteiger partial charge is 0.307 e. The smallest absolute Gasteiger partial charge is 0.0582 e. The van der Waals surface area contributed by atoms with Crippen molar-refractivity contribution in [3.8, 4) is 0 Å². The van der Waals surface area contributed by atoms with Crippen molar-refractivity contribution >= 4 is 0 Å². The molecule has 1 heteroatoms. The van der Waals surface area contributed by atoms with Crippen LogP contribution in [0, 0.1) is 27.7 Å². The van der Waals surface area contributed by atoms with Gasteiger partial charge in [0.25, 0.3) is 0 Å². The molecule has 0 aliphatic heterocycles. The second-order valence-corrected chi connectivity index (χ2v) is 5.72. The second-order valence-electron chi connectivity index (χ2n) is 5.72. The number of benzene rings is 2. The van der Waals surface area contributed by atoms with Gasteiger partial charge in [0.05, 0.1) is 6.04 Å². The van der Waals surface area contributed by atoms with E-state index in [0.717, 1.165) is 6.54 Å². The lowest BCUT2D eigenvalue weighted by atomic mass is 9.90. The molecule has 1 unspecified atom stereocenters. The van der Waals surface area contributed by atoms with E-state index in [1.165, 1.54) is 33.4 Å². The molecule has 2 aromatic carbocycles. The lowest BCUT2D eigenvalue weighted by molar-refractivity contribution is 0.624. The summed E-state index contributed by atoms with van der Waals surface area (Å²) < 4.78 is 0. The molecule has 2 aromatic rings. The molecular weight excluding hydrogens is 242 g/mol. The first-order valence-corrected chi connectivity index (χ1v) is 7.40. The molecule has 0 spiro atoms. The van der Waals surface area contributed by atoms with E-state index in [9.17, 15) is 0 Å². The maximum Gasteiger partial charge on any atom is 0.0582 e. The van der Waals surface area contributed by atoms with Gasteiger partial charge >= 0.3 is 0 Å². The van der Waals surface area contributed by atoms with Crippen molar-refractivity contribution in [3.63, 3.8) is 0 Å². The molecule has 0 radical (unpaired) electrons. The minimum atomic E-state index is 0.278. The van der Waals surface area contributed by atoms with Gasteiger partial charge in [0, 0.05) is 0 Å². The predicted octanol–water partition coefficient (Wildman–Crippen LogP) is 4.62. The van der Waals surface area contributed by atoms with E-state index in [1.807, 2.05) is 0 Å². The van der Waals surface area contributed by atoms with Crippen LogP contribution in [0.5, 0.6) is 0 Å². The van der Waals surface area contributed by atoms with Crippen molar-refractivity contribution in [2.24, 2.45) is 0 Å². The molecule has 20 heavy (non-hydrogen) atoms. The van der Waals surface area contributed by atoms with Crippen LogP contribution in [-0.2, 0) is 0 Å². The molecule has 0 saturated heterocycles. The molecule has 1 N–H and O–H groups in total. The summed E-state index contributed by atoms with van der Waals surface area (Å²) in [7, 11) is 0. The molecule has 1 atom stereocenters. The lowest BCUT2D eigenvalue weighted by Crippen LogP contribution is -2.23. The summed E-state index contributed by atoms with van der Waals surface area (Å²) in [4.78, 5) is 0. The normalized spacial score (nSPS) is 12.4. The van der Waals surface area contributed by atoms with Crippen LogP contribution in [0.15, 0.2) is 36.4 Å². The van der Waals surface area contributed by atoms with Gasteiger partial charge in [0.2, 0.25) is 0 Å². The summed E-state index contributed by atoms with van der Waals surface area (Å²) in [6.45, 7) is 11.9. The Hall–Kier alpha value is -1.60. The van der Waals surface area contributed by atoms with E-state index >= 15 is 0 Å². The summed E-state index contributed by atoms with van der Waals surface area (Å²) >= 11 is 0. The number of nitrogens with one attached hydrogen (secondary N) is 1. The lowest BCUT2D eigenvalue weighted by Gasteiger charge is -2.24. The third kappa shape index (κ3) is 3.10. The molecule has 0 heterocycles. The van der Waals surface area contributed by atoms with Crippen molar-refractivity contribution < 1.29 is 0 Å². The molecule has 0 amide bonds. The van der Waals surface area contributed by atoms with E-state index in [2.05, 4.69) is 76.3 Å². The fourth-order valence-corrected chi connectivity index (χ4v) is 3.05. The van der Waals surface area contributed by atoms with Gasteiger partial charge in [-0.05, 0) is 56.5 Å². The summed E-state index contributed by atoms with van der Waals surface area (Å²) in [5.41, 5.74) is 8.15. The second kappa shape index (κ2) is 6.23. The fraction of sp³-hybridized carbons (Fsp3) is 0.368. The number of hydrogen-bond acceptors (Lipinski definition) is 1. The summed E-state index contributed by atoms with van der Waals surface area (Å²) in [5.74, 6) is 0. The zero-order valence-electron chi connectivity index (χ0n) is 13.2. The number of aryl methyl sites for hydroxylation is 4. The molecular formula is C19H25N. The zero-order chi connectivity index (χ0) is 14.7. The Labute approximate surface area is 123 Å². The standard InChI is InChI=1S/C19H25N/c1-6-20-19(17-11-13(2)10-14(3)12-17)18-15(4)8-7-9-16(18)5/h7-12,19-20H,6H2,1-5H3. The first-order valence-electron chi connectivity index (χ1n) is 7.40. The van der Waals surface area contributed by atoms with Gasteiger partial charge in [-0.1, -0.05) is 54.4 Å². The van der Waals surface area contributed by atoms with Gasteiger partial charge in [-0.25, -0.2) is 0 Å². The average molecular weight is 267 g/mol. The number of rotatable bonds is 4. The topological polar surface area (TPSA) is 12.0 Å². The minimum absolute atomic E-state index is 0.278. The van der Waals surface area contributed by atoms with Crippen molar-refractivity contribution in [2.75, 3.05) is 6.54 Å². The summed E-state index contributed by atoms with van der Waals surface area (Å²) in [6.07, 6.45) is 0. The molecule has 0 bridgehead atoms. The number of hydrogen-bond donors (Lipinski definition) is 1. The van der Waals surface area contributed by atoms with Gasteiger partial charge in [-0.15, -0.1) is 0 Å². The molecule has 0 fully saturated rings. The average Bonchev–Trinajstić information content (AvgIpc) is 2.36. The maximum absolute atomic E-state index is 3.65. The fourth-order valence-electron chi connectivity index (χ4n) is 3.05. The third-order valence-electron chi connectivity index (χ3n) is 3.82. The van der Waals surface area contributed by atoms with E-state index in [1.54, 1.807) is 0 Å². The first-order chi connectivity index (χ1) is 9.52. The van der Waals surface area contributed by atoms with E-state index in [-0.39, 0.29) is 6.04 Å². The molecule has 1 nitrogen and oxygen atoms in total. The van der Waals surface area contributed by atoms with Crippen LogP contribution in [0.1, 0.15) is 46.3 Å². The van der Waals surface area contributed by atoms with Gasteiger partial charge in [0.1, 0.15) is 0 Å². The first kappa shape index (κ1) is 14.8. The molecule has 0 aromatic heterocycles. The van der Waals surface area contributed by atoms with E-state index in [0.29, 0.717) is 0 Å². The van der Waals surface area contributed by atoms with E-state index in [4.69, 9.17) is 0 Å². The van der Waals surface area contributed by atoms with Crippen LogP contribution >= 0.6 is 0 Å². The highest BCUT2D eigenvalue weighted by molar-refractivity contribution is 5.43. The Bertz CT molecular complexity index is 558. The molecule has 0 aliphatic rings.